The van der Waals surface area contributed by atoms with Crippen LogP contribution in [0.2, 0.25) is 0 Å². The van der Waals surface area contributed by atoms with E-state index in [0.29, 0.717) is 23.1 Å². The third kappa shape index (κ3) is 2.70. The maximum atomic E-state index is 6.14. The zero-order valence-electron chi connectivity index (χ0n) is 12.3. The average Bonchev–Trinajstić information content (AvgIpc) is 2.72. The zero-order chi connectivity index (χ0) is 15.5. The van der Waals surface area contributed by atoms with E-state index < -0.39 is 0 Å². The van der Waals surface area contributed by atoms with Crippen LogP contribution in [-0.2, 0) is 6.42 Å². The molecule has 0 N–H and O–H groups in total. The summed E-state index contributed by atoms with van der Waals surface area (Å²) in [4.78, 5) is 0. The van der Waals surface area contributed by atoms with E-state index in [1.54, 1.807) is 14.2 Å². The van der Waals surface area contributed by atoms with Gasteiger partial charge in [-0.05, 0) is 17.7 Å². The van der Waals surface area contributed by atoms with Gasteiger partial charge < -0.3 is 9.47 Å². The standard InChI is InChI=1S/C17H15ClN2O2/c1-21-14-8-12-9-16(18)19-20-17(11-6-4-3-5-7-11)13(12)10-15(14)22-2/h3-8,10H,9H2,1-2H3. The lowest BCUT2D eigenvalue weighted by atomic mass is 9.95. The quantitative estimate of drug-likeness (QED) is 0.868. The van der Waals surface area contributed by atoms with Gasteiger partial charge >= 0.3 is 0 Å². The van der Waals surface area contributed by atoms with Crippen molar-refractivity contribution in [3.8, 4) is 11.5 Å². The summed E-state index contributed by atoms with van der Waals surface area (Å²) in [6.07, 6.45) is 0.511. The Morgan fingerprint density at radius 3 is 2.32 bits per heavy atom. The number of hydrogen-bond acceptors (Lipinski definition) is 4. The zero-order valence-corrected chi connectivity index (χ0v) is 13.1. The van der Waals surface area contributed by atoms with Gasteiger partial charge in [-0.3, -0.25) is 0 Å². The number of methoxy groups -OCH3 is 2. The van der Waals surface area contributed by atoms with Crippen LogP contribution in [0.25, 0.3) is 0 Å². The number of nitrogens with zero attached hydrogens (tertiary/aromatic N) is 2. The van der Waals surface area contributed by atoms with Gasteiger partial charge in [0.25, 0.3) is 0 Å². The maximum absolute atomic E-state index is 6.14. The predicted molar refractivity (Wildman–Crippen MR) is 88.6 cm³/mol. The van der Waals surface area contributed by atoms with Crippen LogP contribution in [0.3, 0.4) is 0 Å². The number of ether oxygens (including phenoxy) is 2. The van der Waals surface area contributed by atoms with Crippen LogP contribution in [-0.4, -0.2) is 25.1 Å². The van der Waals surface area contributed by atoms with Gasteiger partial charge in [0.2, 0.25) is 0 Å². The highest BCUT2D eigenvalue weighted by molar-refractivity contribution is 6.65. The average molecular weight is 315 g/mol. The molecule has 0 unspecified atom stereocenters. The molecule has 5 heteroatoms. The van der Waals surface area contributed by atoms with Gasteiger partial charge in [0, 0.05) is 17.5 Å². The minimum absolute atomic E-state index is 0.444. The largest absolute Gasteiger partial charge is 0.493 e. The molecule has 0 amide bonds. The van der Waals surface area contributed by atoms with Gasteiger partial charge in [-0.1, -0.05) is 41.9 Å². The molecule has 2 aromatic carbocycles. The molecule has 1 aliphatic rings. The van der Waals surface area contributed by atoms with Crippen molar-refractivity contribution in [1.29, 1.82) is 0 Å². The molecule has 2 aromatic rings. The summed E-state index contributed by atoms with van der Waals surface area (Å²) >= 11 is 6.14. The summed E-state index contributed by atoms with van der Waals surface area (Å²) in [5.41, 5.74) is 3.70. The van der Waals surface area contributed by atoms with Gasteiger partial charge in [-0.25, -0.2) is 0 Å². The van der Waals surface area contributed by atoms with Crippen LogP contribution in [0, 0.1) is 0 Å². The minimum atomic E-state index is 0.444. The Labute approximate surface area is 134 Å². The Balaban J connectivity index is 2.22. The highest BCUT2D eigenvalue weighted by Crippen LogP contribution is 2.33. The number of fused-ring (bicyclic) bond motifs is 1. The Hall–Kier alpha value is -2.33. The van der Waals surface area contributed by atoms with E-state index in [4.69, 9.17) is 21.1 Å². The van der Waals surface area contributed by atoms with Crippen LogP contribution in [0.1, 0.15) is 16.7 Å². The van der Waals surface area contributed by atoms with Crippen LogP contribution < -0.4 is 9.47 Å². The molecule has 112 valence electrons. The number of benzene rings is 2. The van der Waals surface area contributed by atoms with Crippen molar-refractivity contribution >= 4 is 22.5 Å². The second-order valence-electron chi connectivity index (χ2n) is 4.83. The fraction of sp³-hybridized carbons (Fsp3) is 0.176. The lowest BCUT2D eigenvalue weighted by Crippen LogP contribution is -2.07. The van der Waals surface area contributed by atoms with Crippen LogP contribution >= 0.6 is 11.6 Å². The molecule has 22 heavy (non-hydrogen) atoms. The second-order valence-corrected chi connectivity index (χ2v) is 5.27. The highest BCUT2D eigenvalue weighted by Gasteiger charge is 2.20. The van der Waals surface area contributed by atoms with Gasteiger partial charge in [-0.2, -0.15) is 0 Å². The number of hydrogen-bond donors (Lipinski definition) is 0. The van der Waals surface area contributed by atoms with Crippen LogP contribution in [0.4, 0.5) is 0 Å². The van der Waals surface area contributed by atoms with E-state index in [2.05, 4.69) is 10.2 Å². The van der Waals surface area contributed by atoms with E-state index >= 15 is 0 Å². The monoisotopic (exact) mass is 314 g/mol. The van der Waals surface area contributed by atoms with Crippen LogP contribution in [0.15, 0.2) is 52.7 Å². The summed E-state index contributed by atoms with van der Waals surface area (Å²) in [7, 11) is 3.23. The Morgan fingerprint density at radius 1 is 0.955 bits per heavy atom. The summed E-state index contributed by atoms with van der Waals surface area (Å²) in [6, 6.07) is 13.7. The highest BCUT2D eigenvalue weighted by atomic mass is 35.5. The van der Waals surface area contributed by atoms with Crippen molar-refractivity contribution < 1.29 is 9.47 Å². The van der Waals surface area contributed by atoms with Crippen molar-refractivity contribution in [2.75, 3.05) is 14.2 Å². The molecule has 0 radical (unpaired) electrons. The minimum Gasteiger partial charge on any atom is -0.493 e. The first kappa shape index (κ1) is 14.6. The third-order valence-electron chi connectivity index (χ3n) is 3.51. The predicted octanol–water partition coefficient (Wildman–Crippen LogP) is 3.65. The first-order valence-corrected chi connectivity index (χ1v) is 7.21. The first-order chi connectivity index (χ1) is 10.7. The van der Waals surface area contributed by atoms with E-state index in [-0.39, 0.29) is 0 Å². The van der Waals surface area contributed by atoms with Crippen molar-refractivity contribution in [1.82, 2.24) is 0 Å². The molecule has 0 aromatic heterocycles. The maximum Gasteiger partial charge on any atom is 0.161 e. The summed E-state index contributed by atoms with van der Waals surface area (Å²) in [5.74, 6) is 1.32. The van der Waals surface area contributed by atoms with Gasteiger partial charge in [-0.15, -0.1) is 10.2 Å². The van der Waals surface area contributed by atoms with Gasteiger partial charge in [0.1, 0.15) is 10.9 Å². The van der Waals surface area contributed by atoms with Crippen LogP contribution in [0.5, 0.6) is 11.5 Å². The molecule has 0 spiro atoms. The Morgan fingerprint density at radius 2 is 1.64 bits per heavy atom. The van der Waals surface area contributed by atoms with E-state index in [9.17, 15) is 0 Å². The summed E-state index contributed by atoms with van der Waals surface area (Å²) < 4.78 is 10.8. The Kier molecular flexibility index (Phi) is 4.11. The Bertz CT molecular complexity index is 755. The lowest BCUT2D eigenvalue weighted by molar-refractivity contribution is 0.354. The smallest absolute Gasteiger partial charge is 0.161 e. The molecule has 0 bridgehead atoms. The van der Waals surface area contributed by atoms with Crippen molar-refractivity contribution in [2.45, 2.75) is 6.42 Å². The molecule has 3 rings (SSSR count). The SMILES string of the molecule is COc1cc2c(cc1OC)C(c1ccccc1)=NN=C(Cl)C2. The molecule has 1 heterocycles. The summed E-state index contributed by atoms with van der Waals surface area (Å²) in [6.45, 7) is 0. The molecule has 0 aliphatic carbocycles. The molecular formula is C17H15ClN2O2. The molecule has 0 saturated heterocycles. The lowest BCUT2D eigenvalue weighted by Gasteiger charge is -2.14. The topological polar surface area (TPSA) is 43.2 Å². The number of rotatable bonds is 3. The van der Waals surface area contributed by atoms with Gasteiger partial charge in [0.05, 0.1) is 14.2 Å². The van der Waals surface area contributed by atoms with Crippen molar-refractivity contribution in [2.24, 2.45) is 10.2 Å². The molecule has 0 atom stereocenters. The van der Waals surface area contributed by atoms with E-state index in [1.807, 2.05) is 42.5 Å². The summed E-state index contributed by atoms with van der Waals surface area (Å²) in [5, 5.41) is 8.86. The molecule has 0 saturated carbocycles. The first-order valence-electron chi connectivity index (χ1n) is 6.83. The van der Waals surface area contributed by atoms with E-state index in [0.717, 1.165) is 22.4 Å². The molecule has 4 nitrogen and oxygen atoms in total. The molecule has 1 aliphatic heterocycles. The van der Waals surface area contributed by atoms with E-state index in [1.165, 1.54) is 0 Å². The number of halogens is 1. The third-order valence-corrected chi connectivity index (χ3v) is 3.72. The molecule has 0 fully saturated rings. The fourth-order valence-corrected chi connectivity index (χ4v) is 2.63. The fourth-order valence-electron chi connectivity index (χ4n) is 2.45. The molecular weight excluding hydrogens is 300 g/mol. The van der Waals surface area contributed by atoms with Gasteiger partial charge in [0.15, 0.2) is 11.5 Å². The van der Waals surface area contributed by atoms with Crippen molar-refractivity contribution in [3.63, 3.8) is 0 Å². The van der Waals surface area contributed by atoms with Crippen molar-refractivity contribution in [3.05, 3.63) is 59.2 Å². The normalized spacial score (nSPS) is 13.6. The second kappa shape index (κ2) is 6.20.